The number of primary amides is 1. The second-order valence-electron chi connectivity index (χ2n) is 5.76. The number of ether oxygens (including phenoxy) is 1. The number of fused-ring (bicyclic) bond motifs is 1. The van der Waals surface area contributed by atoms with Crippen LogP contribution in [0.5, 0.6) is 0 Å². The first-order valence-electron chi connectivity index (χ1n) is 8.09. The SMILES string of the molecule is COC(=O)c1ccc2c(=O)n(-c3ccccc3)c(SC(C)C(N)=O)nc2c1. The van der Waals surface area contributed by atoms with E-state index in [1.54, 1.807) is 37.3 Å². The van der Waals surface area contributed by atoms with Gasteiger partial charge in [0.1, 0.15) is 0 Å². The number of benzene rings is 2. The maximum atomic E-state index is 13.1. The van der Waals surface area contributed by atoms with Crippen LogP contribution < -0.4 is 11.3 Å². The summed E-state index contributed by atoms with van der Waals surface area (Å²) >= 11 is 1.08. The van der Waals surface area contributed by atoms with E-state index in [2.05, 4.69) is 4.98 Å². The highest BCUT2D eigenvalue weighted by Crippen LogP contribution is 2.25. The minimum Gasteiger partial charge on any atom is -0.465 e. The maximum Gasteiger partial charge on any atom is 0.337 e. The van der Waals surface area contributed by atoms with E-state index in [9.17, 15) is 14.4 Å². The van der Waals surface area contributed by atoms with Crippen molar-refractivity contribution < 1.29 is 14.3 Å². The van der Waals surface area contributed by atoms with E-state index in [0.29, 0.717) is 21.7 Å². The highest BCUT2D eigenvalue weighted by Gasteiger charge is 2.19. The van der Waals surface area contributed by atoms with Gasteiger partial charge in [-0.25, -0.2) is 9.78 Å². The summed E-state index contributed by atoms with van der Waals surface area (Å²) in [7, 11) is 1.28. The van der Waals surface area contributed by atoms with Gasteiger partial charge in [0.05, 0.1) is 34.5 Å². The molecule has 138 valence electrons. The fourth-order valence-electron chi connectivity index (χ4n) is 2.51. The van der Waals surface area contributed by atoms with Crippen molar-refractivity contribution in [1.29, 1.82) is 0 Å². The summed E-state index contributed by atoms with van der Waals surface area (Å²) < 4.78 is 6.15. The Morgan fingerprint density at radius 3 is 2.52 bits per heavy atom. The Morgan fingerprint density at radius 1 is 1.19 bits per heavy atom. The minimum absolute atomic E-state index is 0.285. The van der Waals surface area contributed by atoms with Crippen LogP contribution in [0.15, 0.2) is 58.5 Å². The van der Waals surface area contributed by atoms with Crippen LogP contribution in [-0.2, 0) is 9.53 Å². The second kappa shape index (κ2) is 7.63. The molecule has 7 nitrogen and oxygen atoms in total. The Labute approximate surface area is 159 Å². The predicted molar refractivity (Wildman–Crippen MR) is 103 cm³/mol. The van der Waals surface area contributed by atoms with Crippen molar-refractivity contribution in [3.63, 3.8) is 0 Å². The van der Waals surface area contributed by atoms with Crippen LogP contribution in [0.25, 0.3) is 16.6 Å². The first-order valence-corrected chi connectivity index (χ1v) is 8.97. The van der Waals surface area contributed by atoms with E-state index < -0.39 is 17.1 Å². The van der Waals surface area contributed by atoms with Crippen LogP contribution in [0.1, 0.15) is 17.3 Å². The minimum atomic E-state index is -0.590. The number of para-hydroxylation sites is 1. The molecular formula is C19H17N3O4S. The molecule has 3 aromatic rings. The zero-order valence-corrected chi connectivity index (χ0v) is 15.5. The van der Waals surface area contributed by atoms with Crippen LogP contribution in [0.2, 0.25) is 0 Å². The average Bonchev–Trinajstić information content (AvgIpc) is 2.67. The summed E-state index contributed by atoms with van der Waals surface area (Å²) in [6, 6.07) is 13.6. The lowest BCUT2D eigenvalue weighted by atomic mass is 10.1. The predicted octanol–water partition coefficient (Wildman–Crippen LogP) is 2.14. The number of thioether (sulfide) groups is 1. The molecule has 1 atom stereocenters. The number of amides is 1. The molecule has 1 heterocycles. The van der Waals surface area contributed by atoms with Gasteiger partial charge in [0.15, 0.2) is 5.16 Å². The molecule has 8 heteroatoms. The molecule has 1 aromatic heterocycles. The molecule has 0 aliphatic heterocycles. The number of carbonyl (C=O) groups excluding carboxylic acids is 2. The van der Waals surface area contributed by atoms with E-state index >= 15 is 0 Å². The van der Waals surface area contributed by atoms with Crippen LogP contribution in [0.4, 0.5) is 0 Å². The fraction of sp³-hybridized carbons (Fsp3) is 0.158. The molecular weight excluding hydrogens is 366 g/mol. The van der Waals surface area contributed by atoms with Gasteiger partial charge in [0.25, 0.3) is 5.56 Å². The van der Waals surface area contributed by atoms with Gasteiger partial charge in [-0.3, -0.25) is 14.2 Å². The zero-order valence-electron chi connectivity index (χ0n) is 14.7. The van der Waals surface area contributed by atoms with Crippen LogP contribution >= 0.6 is 11.8 Å². The largest absolute Gasteiger partial charge is 0.465 e. The van der Waals surface area contributed by atoms with Gasteiger partial charge in [-0.1, -0.05) is 30.0 Å². The number of nitrogens with zero attached hydrogens (tertiary/aromatic N) is 2. The molecule has 0 saturated carbocycles. The number of esters is 1. The molecule has 3 rings (SSSR count). The van der Waals surface area contributed by atoms with Crippen molar-refractivity contribution in [2.75, 3.05) is 7.11 Å². The maximum absolute atomic E-state index is 13.1. The number of hydrogen-bond donors (Lipinski definition) is 1. The smallest absolute Gasteiger partial charge is 0.337 e. The number of methoxy groups -OCH3 is 1. The Bertz CT molecular complexity index is 1080. The molecule has 0 radical (unpaired) electrons. The van der Waals surface area contributed by atoms with Crippen molar-refractivity contribution in [2.24, 2.45) is 5.73 Å². The first-order chi connectivity index (χ1) is 12.9. The number of rotatable bonds is 5. The van der Waals surface area contributed by atoms with Crippen molar-refractivity contribution in [1.82, 2.24) is 9.55 Å². The van der Waals surface area contributed by atoms with Gasteiger partial charge in [0.2, 0.25) is 5.91 Å². The second-order valence-corrected chi connectivity index (χ2v) is 7.06. The Kier molecular flexibility index (Phi) is 5.27. The molecule has 1 unspecified atom stereocenters. The third-order valence-electron chi connectivity index (χ3n) is 3.96. The van der Waals surface area contributed by atoms with E-state index in [1.165, 1.54) is 23.8 Å². The monoisotopic (exact) mass is 383 g/mol. The molecule has 0 bridgehead atoms. The third-order valence-corrected chi connectivity index (χ3v) is 5.03. The Morgan fingerprint density at radius 2 is 1.89 bits per heavy atom. The van der Waals surface area contributed by atoms with Crippen molar-refractivity contribution >= 4 is 34.5 Å². The first kappa shape index (κ1) is 18.7. The van der Waals surface area contributed by atoms with Gasteiger partial charge in [-0.2, -0.15) is 0 Å². The van der Waals surface area contributed by atoms with Crippen molar-refractivity contribution in [3.8, 4) is 5.69 Å². The van der Waals surface area contributed by atoms with E-state index in [1.807, 2.05) is 6.07 Å². The number of aromatic nitrogens is 2. The quantitative estimate of drug-likeness (QED) is 0.411. The van der Waals surface area contributed by atoms with Gasteiger partial charge < -0.3 is 10.5 Å². The van der Waals surface area contributed by atoms with Crippen molar-refractivity contribution in [2.45, 2.75) is 17.3 Å². The molecule has 2 N–H and O–H groups in total. The lowest BCUT2D eigenvalue weighted by molar-refractivity contribution is -0.117. The molecule has 27 heavy (non-hydrogen) atoms. The summed E-state index contributed by atoms with van der Waals surface area (Å²) in [6.45, 7) is 1.64. The average molecular weight is 383 g/mol. The summed E-state index contributed by atoms with van der Waals surface area (Å²) in [5, 5.41) is 0.0719. The Hall–Kier alpha value is -3.13. The molecule has 0 aliphatic rings. The van der Waals surface area contributed by atoms with Crippen LogP contribution in [-0.4, -0.2) is 33.8 Å². The van der Waals surface area contributed by atoms with Gasteiger partial charge in [-0.15, -0.1) is 0 Å². The molecule has 0 aliphatic carbocycles. The molecule has 2 aromatic carbocycles. The molecule has 0 spiro atoms. The van der Waals surface area contributed by atoms with E-state index in [-0.39, 0.29) is 11.1 Å². The lowest BCUT2D eigenvalue weighted by Crippen LogP contribution is -2.26. The zero-order chi connectivity index (χ0) is 19.6. The van der Waals surface area contributed by atoms with Crippen LogP contribution in [0.3, 0.4) is 0 Å². The summed E-state index contributed by atoms with van der Waals surface area (Å²) in [5.74, 6) is -1.04. The highest BCUT2D eigenvalue weighted by molar-refractivity contribution is 8.00. The van der Waals surface area contributed by atoms with Crippen molar-refractivity contribution in [3.05, 3.63) is 64.4 Å². The highest BCUT2D eigenvalue weighted by atomic mass is 32.2. The fourth-order valence-corrected chi connectivity index (χ4v) is 3.39. The van der Waals surface area contributed by atoms with E-state index in [0.717, 1.165) is 11.8 Å². The van der Waals surface area contributed by atoms with E-state index in [4.69, 9.17) is 10.5 Å². The Balaban J connectivity index is 2.27. The summed E-state index contributed by atoms with van der Waals surface area (Å²) in [4.78, 5) is 40.9. The topological polar surface area (TPSA) is 104 Å². The molecule has 1 amide bonds. The van der Waals surface area contributed by atoms with Gasteiger partial charge >= 0.3 is 5.97 Å². The van der Waals surface area contributed by atoms with Crippen LogP contribution in [0, 0.1) is 0 Å². The summed E-state index contributed by atoms with van der Waals surface area (Å²) in [6.07, 6.45) is 0. The molecule has 0 fully saturated rings. The third kappa shape index (κ3) is 3.70. The lowest BCUT2D eigenvalue weighted by Gasteiger charge is -2.15. The van der Waals surface area contributed by atoms with Gasteiger partial charge in [0, 0.05) is 0 Å². The van der Waals surface area contributed by atoms with Gasteiger partial charge in [-0.05, 0) is 37.3 Å². The number of carbonyl (C=O) groups is 2. The standard InChI is InChI=1S/C19H17N3O4S/c1-11(16(20)23)27-19-21-15-10-12(18(25)26-2)8-9-14(15)17(24)22(19)13-6-4-3-5-7-13/h3-11H,1-2H3,(H2,20,23). The number of nitrogens with two attached hydrogens (primary N) is 1. The normalized spacial score (nSPS) is 11.9. The summed E-state index contributed by atoms with van der Waals surface area (Å²) in [5.41, 5.74) is 6.31. The molecule has 0 saturated heterocycles. The number of hydrogen-bond acceptors (Lipinski definition) is 6.